The van der Waals surface area contributed by atoms with Crippen LogP contribution in [-0.2, 0) is 0 Å². The molecule has 0 saturated carbocycles. The lowest BCUT2D eigenvalue weighted by Crippen LogP contribution is -2.32. The van der Waals surface area contributed by atoms with Gasteiger partial charge in [-0.3, -0.25) is 14.9 Å². The minimum Gasteiger partial charge on any atom is -0.267 e. The summed E-state index contributed by atoms with van der Waals surface area (Å²) < 4.78 is 0. The normalized spacial score (nSPS) is 15.6. The fraction of sp³-hybridized carbons (Fsp3) is 0.0625. The molecule has 1 heterocycles. The van der Waals surface area contributed by atoms with Gasteiger partial charge in [0, 0.05) is 23.3 Å². The Morgan fingerprint density at radius 3 is 2.57 bits per heavy atom. The van der Waals surface area contributed by atoms with E-state index in [1.54, 1.807) is 12.1 Å². The molecule has 0 radical (unpaired) electrons. The Morgan fingerprint density at radius 1 is 1.22 bits per heavy atom. The number of amides is 1. The van der Waals surface area contributed by atoms with Gasteiger partial charge >= 0.3 is 0 Å². The van der Waals surface area contributed by atoms with Crippen molar-refractivity contribution in [2.75, 3.05) is 0 Å². The number of hydrogen-bond acceptors (Lipinski definition) is 5. The number of hydrogen-bond donors (Lipinski definition) is 0. The monoisotopic (exact) mass is 306 g/mol. The van der Waals surface area contributed by atoms with Crippen molar-refractivity contribution >= 4 is 17.8 Å². The Bertz CT molecular complexity index is 852. The zero-order chi connectivity index (χ0) is 16.4. The highest BCUT2D eigenvalue weighted by atomic mass is 16.6. The smallest absolute Gasteiger partial charge is 0.267 e. The van der Waals surface area contributed by atoms with Crippen LogP contribution < -0.4 is 0 Å². The number of nitriles is 1. The Balaban J connectivity index is 1.94. The Labute approximate surface area is 131 Å². The molecule has 7 heteroatoms. The number of carbonyl (C=O) groups is 1. The van der Waals surface area contributed by atoms with Gasteiger partial charge in [0.15, 0.2) is 6.04 Å². The highest BCUT2D eigenvalue weighted by Crippen LogP contribution is 2.28. The van der Waals surface area contributed by atoms with Crippen molar-refractivity contribution in [3.8, 4) is 6.07 Å². The van der Waals surface area contributed by atoms with Crippen molar-refractivity contribution in [1.82, 2.24) is 5.01 Å². The van der Waals surface area contributed by atoms with E-state index in [0.29, 0.717) is 5.56 Å². The average Bonchev–Trinajstić information content (AvgIpc) is 2.60. The van der Waals surface area contributed by atoms with E-state index in [-0.39, 0.29) is 11.3 Å². The van der Waals surface area contributed by atoms with Gasteiger partial charge in [-0.1, -0.05) is 24.3 Å². The third kappa shape index (κ3) is 2.53. The van der Waals surface area contributed by atoms with Gasteiger partial charge < -0.3 is 0 Å². The molecule has 2 aromatic carbocycles. The van der Waals surface area contributed by atoms with E-state index in [9.17, 15) is 20.2 Å². The summed E-state index contributed by atoms with van der Waals surface area (Å²) >= 11 is 0. The molecule has 0 aromatic heterocycles. The molecule has 23 heavy (non-hydrogen) atoms. The lowest BCUT2D eigenvalue weighted by molar-refractivity contribution is -0.384. The van der Waals surface area contributed by atoms with Crippen molar-refractivity contribution in [3.05, 3.63) is 75.3 Å². The van der Waals surface area contributed by atoms with Gasteiger partial charge in [0.05, 0.1) is 17.2 Å². The number of fused-ring (bicyclic) bond motifs is 1. The zero-order valence-electron chi connectivity index (χ0n) is 11.8. The maximum Gasteiger partial charge on any atom is 0.275 e. The second kappa shape index (κ2) is 5.69. The molecule has 0 fully saturated rings. The average molecular weight is 306 g/mol. The van der Waals surface area contributed by atoms with Gasteiger partial charge in [-0.15, -0.1) is 0 Å². The van der Waals surface area contributed by atoms with Crippen molar-refractivity contribution < 1.29 is 9.72 Å². The van der Waals surface area contributed by atoms with Gasteiger partial charge in [0.1, 0.15) is 0 Å². The molecule has 0 spiro atoms. The number of benzene rings is 2. The summed E-state index contributed by atoms with van der Waals surface area (Å²) in [6.45, 7) is 0. The van der Waals surface area contributed by atoms with Gasteiger partial charge in [-0.25, -0.2) is 5.01 Å². The van der Waals surface area contributed by atoms with Crippen LogP contribution in [0.15, 0.2) is 53.6 Å². The van der Waals surface area contributed by atoms with Crippen LogP contribution in [0.3, 0.4) is 0 Å². The molecule has 0 aliphatic carbocycles. The van der Waals surface area contributed by atoms with Crippen LogP contribution in [0, 0.1) is 21.4 Å². The standard InChI is InChI=1S/C16H10N4O3/c17-9-15-14-4-2-1-3-12(14)10-18-19(15)16(21)11-5-7-13(8-6-11)20(22)23/h1-8,10,15H/t15-/m1/s1. The first-order valence-electron chi connectivity index (χ1n) is 6.72. The molecule has 1 aliphatic rings. The van der Waals surface area contributed by atoms with Crippen LogP contribution in [-0.4, -0.2) is 22.1 Å². The third-order valence-corrected chi connectivity index (χ3v) is 3.51. The summed E-state index contributed by atoms with van der Waals surface area (Å²) in [6.07, 6.45) is 1.52. The second-order valence-corrected chi connectivity index (χ2v) is 4.86. The van der Waals surface area contributed by atoms with Crippen LogP contribution in [0.25, 0.3) is 0 Å². The number of hydrazone groups is 1. The number of carbonyl (C=O) groups excluding carboxylic acids is 1. The van der Waals surface area contributed by atoms with Gasteiger partial charge in [0.2, 0.25) is 0 Å². The minimum absolute atomic E-state index is 0.106. The molecule has 112 valence electrons. The van der Waals surface area contributed by atoms with Crippen molar-refractivity contribution in [2.24, 2.45) is 5.10 Å². The molecular formula is C16H10N4O3. The first kappa shape index (κ1) is 14.4. The molecule has 0 unspecified atom stereocenters. The second-order valence-electron chi connectivity index (χ2n) is 4.86. The fourth-order valence-corrected chi connectivity index (χ4v) is 2.35. The van der Waals surface area contributed by atoms with E-state index in [1.807, 2.05) is 12.1 Å². The Morgan fingerprint density at radius 2 is 1.91 bits per heavy atom. The lowest BCUT2D eigenvalue weighted by Gasteiger charge is -2.27. The molecule has 1 amide bonds. The summed E-state index contributed by atoms with van der Waals surface area (Å²) in [7, 11) is 0. The van der Waals surface area contributed by atoms with E-state index in [0.717, 1.165) is 10.6 Å². The summed E-state index contributed by atoms with van der Waals surface area (Å²) in [4.78, 5) is 22.7. The predicted molar refractivity (Wildman–Crippen MR) is 81.7 cm³/mol. The number of non-ortho nitro benzene ring substituents is 1. The Hall–Kier alpha value is -3.53. The molecule has 3 rings (SSSR count). The number of nitrogens with zero attached hydrogens (tertiary/aromatic N) is 4. The van der Waals surface area contributed by atoms with E-state index < -0.39 is 16.9 Å². The van der Waals surface area contributed by atoms with Gasteiger partial charge in [0.25, 0.3) is 11.6 Å². The molecule has 0 bridgehead atoms. The number of nitro benzene ring substituents is 1. The van der Waals surface area contributed by atoms with Gasteiger partial charge in [-0.2, -0.15) is 10.4 Å². The molecule has 2 aromatic rings. The van der Waals surface area contributed by atoms with Crippen molar-refractivity contribution in [3.63, 3.8) is 0 Å². The largest absolute Gasteiger partial charge is 0.275 e. The maximum absolute atomic E-state index is 12.6. The first-order valence-corrected chi connectivity index (χ1v) is 6.72. The molecule has 0 saturated heterocycles. The minimum atomic E-state index is -0.834. The van der Waals surface area contributed by atoms with Crippen LogP contribution in [0.2, 0.25) is 0 Å². The third-order valence-electron chi connectivity index (χ3n) is 3.51. The van der Waals surface area contributed by atoms with E-state index >= 15 is 0 Å². The molecule has 1 aliphatic heterocycles. The first-order chi connectivity index (χ1) is 11.1. The highest BCUT2D eigenvalue weighted by molar-refractivity contribution is 5.97. The summed E-state index contributed by atoms with van der Waals surface area (Å²) in [5.41, 5.74) is 1.60. The SMILES string of the molecule is N#C[C@@H]1c2ccccc2C=NN1C(=O)c1ccc([N+](=O)[O-])cc1. The summed E-state index contributed by atoms with van der Waals surface area (Å²) in [6, 6.07) is 13.6. The quantitative estimate of drug-likeness (QED) is 0.629. The number of nitro groups is 1. The maximum atomic E-state index is 12.6. The number of rotatable bonds is 2. The van der Waals surface area contributed by atoms with E-state index in [4.69, 9.17) is 0 Å². The summed E-state index contributed by atoms with van der Waals surface area (Å²) in [5.74, 6) is -0.489. The van der Waals surface area contributed by atoms with Crippen LogP contribution in [0.4, 0.5) is 5.69 Å². The van der Waals surface area contributed by atoms with E-state index in [1.165, 1.54) is 30.5 Å². The Kier molecular flexibility index (Phi) is 3.57. The van der Waals surface area contributed by atoms with Crippen LogP contribution >= 0.6 is 0 Å². The predicted octanol–water partition coefficient (Wildman–Crippen LogP) is 2.65. The van der Waals surface area contributed by atoms with Crippen molar-refractivity contribution in [2.45, 2.75) is 6.04 Å². The zero-order valence-corrected chi connectivity index (χ0v) is 11.8. The summed E-state index contributed by atoms with van der Waals surface area (Å²) in [5, 5.41) is 25.2. The fourth-order valence-electron chi connectivity index (χ4n) is 2.35. The van der Waals surface area contributed by atoms with Crippen LogP contribution in [0.5, 0.6) is 0 Å². The molecular weight excluding hydrogens is 296 g/mol. The molecule has 7 nitrogen and oxygen atoms in total. The topological polar surface area (TPSA) is 99.6 Å². The van der Waals surface area contributed by atoms with Crippen LogP contribution in [0.1, 0.15) is 27.5 Å². The van der Waals surface area contributed by atoms with Gasteiger partial charge in [-0.05, 0) is 17.7 Å². The molecule has 1 atom stereocenters. The lowest BCUT2D eigenvalue weighted by atomic mass is 9.99. The van der Waals surface area contributed by atoms with E-state index in [2.05, 4.69) is 11.2 Å². The highest BCUT2D eigenvalue weighted by Gasteiger charge is 2.30. The molecule has 0 N–H and O–H groups in total. The van der Waals surface area contributed by atoms with Crippen molar-refractivity contribution in [1.29, 1.82) is 5.26 Å².